The average Bonchev–Trinajstić information content (AvgIpc) is 3.73. The minimum absolute atomic E-state index is 0.0675. The second kappa shape index (κ2) is 13.1. The van der Waals surface area contributed by atoms with Crippen LogP contribution in [0, 0.1) is 11.2 Å². The van der Waals surface area contributed by atoms with Crippen LogP contribution in [0.25, 0.3) is 11.0 Å². The molecule has 0 bridgehead atoms. The lowest BCUT2D eigenvalue weighted by molar-refractivity contribution is -0.118. The van der Waals surface area contributed by atoms with Crippen molar-refractivity contribution < 1.29 is 18.7 Å². The number of nitrogens with one attached hydrogen (secondary N) is 2. The van der Waals surface area contributed by atoms with Crippen molar-refractivity contribution in [2.75, 3.05) is 44.7 Å². The van der Waals surface area contributed by atoms with E-state index in [1.165, 1.54) is 31.5 Å². The Hall–Kier alpha value is -4.78. The average molecular weight is 645 g/mol. The molecule has 2 aromatic carbocycles. The Labute approximate surface area is 272 Å². The molecule has 2 saturated heterocycles. The maximum atomic E-state index is 14.2. The highest BCUT2D eigenvalue weighted by atomic mass is 19.1. The number of aromatic amines is 1. The molecular weight excluding hydrogens is 603 g/mol. The van der Waals surface area contributed by atoms with Gasteiger partial charge >= 0.3 is 5.69 Å². The van der Waals surface area contributed by atoms with E-state index in [1.54, 1.807) is 22.7 Å². The van der Waals surface area contributed by atoms with Crippen molar-refractivity contribution in [2.24, 2.45) is 5.41 Å². The number of amides is 2. The van der Waals surface area contributed by atoms with Gasteiger partial charge in [-0.25, -0.2) is 19.2 Å². The van der Waals surface area contributed by atoms with Crippen molar-refractivity contribution in [3.05, 3.63) is 76.4 Å². The fraction of sp³-hybridized carbons (Fsp3) is 0.441. The number of benzene rings is 2. The lowest BCUT2D eigenvalue weighted by Gasteiger charge is -2.26. The Morgan fingerprint density at radius 2 is 1.94 bits per heavy atom. The highest BCUT2D eigenvalue weighted by Crippen LogP contribution is 2.43. The summed E-state index contributed by atoms with van der Waals surface area (Å²) in [4.78, 5) is 54.9. The molecule has 1 unspecified atom stereocenters. The van der Waals surface area contributed by atoms with Gasteiger partial charge in [-0.2, -0.15) is 0 Å². The number of anilines is 1. The molecule has 4 heterocycles. The fourth-order valence-electron chi connectivity index (χ4n) is 6.67. The maximum absolute atomic E-state index is 14.2. The van der Waals surface area contributed by atoms with Gasteiger partial charge in [0, 0.05) is 64.7 Å². The van der Waals surface area contributed by atoms with E-state index in [2.05, 4.69) is 36.1 Å². The third-order valence-corrected chi connectivity index (χ3v) is 9.36. The van der Waals surface area contributed by atoms with Crippen LogP contribution in [0.3, 0.4) is 0 Å². The number of nitrogens with zero attached hydrogens (tertiary/aromatic N) is 6. The first-order valence-electron chi connectivity index (χ1n) is 16.0. The van der Waals surface area contributed by atoms with Gasteiger partial charge in [-0.05, 0) is 69.1 Å². The van der Waals surface area contributed by atoms with E-state index in [0.717, 1.165) is 62.2 Å². The van der Waals surface area contributed by atoms with Crippen molar-refractivity contribution in [2.45, 2.75) is 52.7 Å². The fourth-order valence-corrected chi connectivity index (χ4v) is 6.67. The lowest BCUT2D eigenvalue weighted by Crippen LogP contribution is -2.33. The zero-order chi connectivity index (χ0) is 33.3. The first-order valence-corrected chi connectivity index (χ1v) is 16.0. The van der Waals surface area contributed by atoms with Gasteiger partial charge < -0.3 is 24.8 Å². The number of H-pyrrole nitrogens is 1. The van der Waals surface area contributed by atoms with E-state index >= 15 is 0 Å². The molecule has 2 aliphatic heterocycles. The summed E-state index contributed by atoms with van der Waals surface area (Å²) in [5, 5.41) is 2.74. The molecule has 2 N–H and O–H groups in total. The number of hydrogen-bond donors (Lipinski definition) is 2. The molecule has 1 spiro atoms. The minimum Gasteiger partial charge on any atom is -0.451 e. The molecule has 47 heavy (non-hydrogen) atoms. The van der Waals surface area contributed by atoms with Crippen molar-refractivity contribution >= 4 is 28.7 Å². The van der Waals surface area contributed by atoms with Crippen LogP contribution >= 0.6 is 0 Å². The Kier molecular flexibility index (Phi) is 9.00. The van der Waals surface area contributed by atoms with Gasteiger partial charge in [-0.3, -0.25) is 19.1 Å². The maximum Gasteiger partial charge on any atom is 0.326 e. The largest absolute Gasteiger partial charge is 0.451 e. The third-order valence-electron chi connectivity index (χ3n) is 9.36. The quantitative estimate of drug-likeness (QED) is 0.267. The number of fused-ring (bicyclic) bond motifs is 1. The predicted molar refractivity (Wildman–Crippen MR) is 176 cm³/mol. The molecule has 13 heteroatoms. The van der Waals surface area contributed by atoms with Gasteiger partial charge in [0.05, 0.1) is 22.8 Å². The van der Waals surface area contributed by atoms with Crippen molar-refractivity contribution in [1.82, 2.24) is 34.6 Å². The Morgan fingerprint density at radius 3 is 2.72 bits per heavy atom. The molecule has 6 rings (SSSR count). The van der Waals surface area contributed by atoms with Crippen LogP contribution in [0.5, 0.6) is 11.5 Å². The van der Waals surface area contributed by atoms with E-state index in [9.17, 15) is 18.8 Å². The summed E-state index contributed by atoms with van der Waals surface area (Å²) in [7, 11) is 1.68. The summed E-state index contributed by atoms with van der Waals surface area (Å²) < 4.78 is 22.1. The first kappa shape index (κ1) is 32.2. The van der Waals surface area contributed by atoms with E-state index in [-0.39, 0.29) is 40.3 Å². The van der Waals surface area contributed by atoms with Crippen molar-refractivity contribution in [3.8, 4) is 11.5 Å². The van der Waals surface area contributed by atoms with Gasteiger partial charge in [-0.15, -0.1) is 0 Å². The second-order valence-electron chi connectivity index (χ2n) is 13.0. The highest BCUT2D eigenvalue weighted by Gasteiger charge is 2.44. The number of rotatable bonds is 10. The van der Waals surface area contributed by atoms with E-state index in [4.69, 9.17) is 4.74 Å². The summed E-state index contributed by atoms with van der Waals surface area (Å²) in [6.07, 6.45) is 5.12. The summed E-state index contributed by atoms with van der Waals surface area (Å²) in [5.41, 5.74) is 2.77. The van der Waals surface area contributed by atoms with Crippen molar-refractivity contribution in [1.29, 1.82) is 0 Å². The molecular formula is C34H41FN8O4. The van der Waals surface area contributed by atoms with Gasteiger partial charge in [0.1, 0.15) is 17.9 Å². The molecule has 2 amide bonds. The Morgan fingerprint density at radius 1 is 1.13 bits per heavy atom. The number of halogens is 1. The smallest absolute Gasteiger partial charge is 0.326 e. The molecule has 0 radical (unpaired) electrons. The summed E-state index contributed by atoms with van der Waals surface area (Å²) >= 11 is 0. The number of likely N-dealkylation sites (tertiary alicyclic amines) is 1. The van der Waals surface area contributed by atoms with Crippen LogP contribution in [0.2, 0.25) is 0 Å². The van der Waals surface area contributed by atoms with Crippen LogP contribution in [0.15, 0.2) is 53.7 Å². The molecule has 2 fully saturated rings. The number of aromatic nitrogens is 4. The zero-order valence-corrected chi connectivity index (χ0v) is 27.3. The van der Waals surface area contributed by atoms with Crippen molar-refractivity contribution in [3.63, 3.8) is 0 Å². The van der Waals surface area contributed by atoms with Crippen LogP contribution in [-0.4, -0.2) is 86.9 Å². The van der Waals surface area contributed by atoms with E-state index < -0.39 is 5.82 Å². The SMILES string of the molecule is CC(=O)NCCn1c(=O)[nH]c2cc(CN3CCC4(CCN(c5ncncc5Oc5ccc(F)cc5C(=O)N(C)C(C)C)C4)C3)ccc21. The molecule has 248 valence electrons. The summed E-state index contributed by atoms with van der Waals surface area (Å²) in [6.45, 7) is 10.3. The Balaban J connectivity index is 1.13. The first-order chi connectivity index (χ1) is 22.5. The number of carbonyl (C=O) groups excluding carboxylic acids is 2. The minimum atomic E-state index is -0.514. The normalized spacial score (nSPS) is 18.0. The van der Waals surface area contributed by atoms with Gasteiger partial charge in [0.2, 0.25) is 5.91 Å². The van der Waals surface area contributed by atoms with Crippen LogP contribution in [0.4, 0.5) is 10.2 Å². The molecule has 2 aliphatic rings. The van der Waals surface area contributed by atoms with Gasteiger partial charge in [0.15, 0.2) is 11.6 Å². The summed E-state index contributed by atoms with van der Waals surface area (Å²) in [6, 6.07) is 9.96. The van der Waals surface area contributed by atoms with E-state index in [0.29, 0.717) is 24.7 Å². The molecule has 12 nitrogen and oxygen atoms in total. The number of carbonyl (C=O) groups is 2. The highest BCUT2D eigenvalue weighted by molar-refractivity contribution is 5.97. The second-order valence-corrected chi connectivity index (χ2v) is 13.0. The number of hydrogen-bond acceptors (Lipinski definition) is 8. The number of imidazole rings is 1. The molecule has 4 aromatic rings. The van der Waals surface area contributed by atoms with Gasteiger partial charge in [0.25, 0.3) is 5.91 Å². The summed E-state index contributed by atoms with van der Waals surface area (Å²) in [5.74, 6) is 0.347. The Bertz CT molecular complexity index is 1860. The molecule has 0 saturated carbocycles. The zero-order valence-electron chi connectivity index (χ0n) is 27.3. The topological polar surface area (TPSA) is 129 Å². The van der Waals surface area contributed by atoms with E-state index in [1.807, 2.05) is 26.0 Å². The third kappa shape index (κ3) is 6.85. The standard InChI is InChI=1S/C34H41FN8O4/c1-22(2)40(4)32(45)26-16-25(35)6-8-29(26)47-30-17-36-21-38-31(30)42-13-10-34(20-42)9-12-41(19-34)18-24-5-7-28-27(15-24)39-33(46)43(28)14-11-37-23(3)44/h5-8,15-17,21-22H,9-14,18-20H2,1-4H3,(H,37,44)(H,39,46). The predicted octanol–water partition coefficient (Wildman–Crippen LogP) is 3.77. The van der Waals surface area contributed by atoms with Crippen LogP contribution < -0.4 is 20.6 Å². The van der Waals surface area contributed by atoms with Gasteiger partial charge in [-0.1, -0.05) is 6.07 Å². The monoisotopic (exact) mass is 644 g/mol. The van der Waals surface area contributed by atoms with Crippen LogP contribution in [-0.2, 0) is 17.9 Å². The molecule has 1 atom stereocenters. The molecule has 2 aromatic heterocycles. The van der Waals surface area contributed by atoms with Crippen LogP contribution in [0.1, 0.15) is 49.5 Å². The number of ether oxygens (including phenoxy) is 1. The lowest BCUT2D eigenvalue weighted by atomic mass is 9.86. The molecule has 0 aliphatic carbocycles.